The van der Waals surface area contributed by atoms with Gasteiger partial charge in [-0.2, -0.15) is 0 Å². The molecule has 0 saturated heterocycles. The van der Waals surface area contributed by atoms with Gasteiger partial charge in [-0.3, -0.25) is 0 Å². The molecule has 0 saturated carbocycles. The minimum atomic E-state index is -0.157. The van der Waals surface area contributed by atoms with E-state index in [1.54, 1.807) is 0 Å². The van der Waals surface area contributed by atoms with E-state index in [1.807, 2.05) is 6.07 Å². The summed E-state index contributed by atoms with van der Waals surface area (Å²) in [5.74, 6) is 0. The number of H-pyrrole nitrogens is 1. The molecule has 2 aromatic rings. The monoisotopic (exact) mass is 187 g/mol. The SMILES string of the molecule is OC1CCc2c([nH]c3ccccc23)C1. The number of rotatable bonds is 0. The van der Waals surface area contributed by atoms with Gasteiger partial charge in [0, 0.05) is 23.0 Å². The molecule has 3 rings (SSSR count). The standard InChI is InChI=1S/C12H13NO/c14-8-5-6-10-9-3-1-2-4-11(9)13-12(10)7-8/h1-4,8,13-14H,5-7H2. The summed E-state index contributed by atoms with van der Waals surface area (Å²) in [6.45, 7) is 0. The minimum absolute atomic E-state index is 0.157. The Balaban J connectivity index is 2.24. The van der Waals surface area contributed by atoms with E-state index in [1.165, 1.54) is 22.2 Å². The molecule has 1 aromatic carbocycles. The molecule has 1 aliphatic carbocycles. The molecule has 2 N–H and O–H groups in total. The molecule has 0 radical (unpaired) electrons. The Labute approximate surface area is 82.6 Å². The average molecular weight is 187 g/mol. The highest BCUT2D eigenvalue weighted by atomic mass is 16.3. The number of aliphatic hydroxyl groups excluding tert-OH is 1. The number of hydrogen-bond acceptors (Lipinski definition) is 1. The van der Waals surface area contributed by atoms with Crippen molar-refractivity contribution in [3.63, 3.8) is 0 Å². The number of benzene rings is 1. The summed E-state index contributed by atoms with van der Waals surface area (Å²) in [7, 11) is 0. The Hall–Kier alpha value is -1.28. The van der Waals surface area contributed by atoms with E-state index in [2.05, 4.69) is 23.2 Å². The molecular formula is C12H13NO. The molecule has 72 valence electrons. The first-order chi connectivity index (χ1) is 6.84. The van der Waals surface area contributed by atoms with Gasteiger partial charge in [0.25, 0.3) is 0 Å². The van der Waals surface area contributed by atoms with E-state index < -0.39 is 0 Å². The van der Waals surface area contributed by atoms with Gasteiger partial charge in [-0.1, -0.05) is 18.2 Å². The molecular weight excluding hydrogens is 174 g/mol. The summed E-state index contributed by atoms with van der Waals surface area (Å²) in [6, 6.07) is 8.37. The van der Waals surface area contributed by atoms with Crippen LogP contribution in [0.2, 0.25) is 0 Å². The Kier molecular flexibility index (Phi) is 1.64. The molecule has 1 atom stereocenters. The maximum absolute atomic E-state index is 9.56. The van der Waals surface area contributed by atoms with Crippen molar-refractivity contribution in [1.29, 1.82) is 0 Å². The predicted molar refractivity (Wildman–Crippen MR) is 56.3 cm³/mol. The van der Waals surface area contributed by atoms with E-state index >= 15 is 0 Å². The molecule has 0 aliphatic heterocycles. The second-order valence-electron chi connectivity index (χ2n) is 4.02. The summed E-state index contributed by atoms with van der Waals surface area (Å²) in [5, 5.41) is 10.9. The Morgan fingerprint density at radius 1 is 1.29 bits per heavy atom. The lowest BCUT2D eigenvalue weighted by molar-refractivity contribution is 0.158. The van der Waals surface area contributed by atoms with Crippen LogP contribution >= 0.6 is 0 Å². The van der Waals surface area contributed by atoms with Crippen LogP contribution in [0, 0.1) is 0 Å². The number of fused-ring (bicyclic) bond motifs is 3. The van der Waals surface area contributed by atoms with Gasteiger partial charge in [0.1, 0.15) is 0 Å². The lowest BCUT2D eigenvalue weighted by Crippen LogP contribution is -2.17. The Morgan fingerprint density at radius 2 is 2.14 bits per heavy atom. The second kappa shape index (κ2) is 2.85. The Morgan fingerprint density at radius 3 is 3.07 bits per heavy atom. The number of aromatic nitrogens is 1. The van der Waals surface area contributed by atoms with Gasteiger partial charge in [-0.25, -0.2) is 0 Å². The molecule has 0 amide bonds. The quantitative estimate of drug-likeness (QED) is 0.650. The van der Waals surface area contributed by atoms with Crippen LogP contribution in [0.15, 0.2) is 24.3 Å². The summed E-state index contributed by atoms with van der Waals surface area (Å²) in [6.07, 6.45) is 2.52. The number of hydrogen-bond donors (Lipinski definition) is 2. The van der Waals surface area contributed by atoms with Crippen LogP contribution in [-0.4, -0.2) is 16.2 Å². The summed E-state index contributed by atoms with van der Waals surface area (Å²) < 4.78 is 0. The van der Waals surface area contributed by atoms with Crippen molar-refractivity contribution in [1.82, 2.24) is 4.98 Å². The van der Waals surface area contributed by atoms with E-state index in [0.29, 0.717) is 0 Å². The van der Waals surface area contributed by atoms with Crippen molar-refractivity contribution in [2.75, 3.05) is 0 Å². The average Bonchev–Trinajstić information content (AvgIpc) is 2.54. The van der Waals surface area contributed by atoms with Gasteiger partial charge >= 0.3 is 0 Å². The first kappa shape index (κ1) is 8.06. The fourth-order valence-corrected chi connectivity index (χ4v) is 2.36. The van der Waals surface area contributed by atoms with Crippen LogP contribution in [0.3, 0.4) is 0 Å². The molecule has 2 heteroatoms. The van der Waals surface area contributed by atoms with Gasteiger partial charge < -0.3 is 10.1 Å². The largest absolute Gasteiger partial charge is 0.393 e. The third-order valence-corrected chi connectivity index (χ3v) is 3.07. The van der Waals surface area contributed by atoms with Crippen LogP contribution in [0.25, 0.3) is 10.9 Å². The minimum Gasteiger partial charge on any atom is -0.393 e. The van der Waals surface area contributed by atoms with Crippen molar-refractivity contribution >= 4 is 10.9 Å². The smallest absolute Gasteiger partial charge is 0.0598 e. The lowest BCUT2D eigenvalue weighted by atomic mass is 9.94. The first-order valence-electron chi connectivity index (χ1n) is 5.11. The van der Waals surface area contributed by atoms with Crippen molar-refractivity contribution in [2.45, 2.75) is 25.4 Å². The highest BCUT2D eigenvalue weighted by molar-refractivity contribution is 5.84. The van der Waals surface area contributed by atoms with Crippen LogP contribution in [-0.2, 0) is 12.8 Å². The fourth-order valence-electron chi connectivity index (χ4n) is 2.36. The van der Waals surface area contributed by atoms with Crippen LogP contribution < -0.4 is 0 Å². The molecule has 1 heterocycles. The zero-order chi connectivity index (χ0) is 9.54. The van der Waals surface area contributed by atoms with Gasteiger partial charge in [-0.05, 0) is 24.5 Å². The molecule has 1 aliphatic rings. The van der Waals surface area contributed by atoms with Crippen molar-refractivity contribution < 1.29 is 5.11 Å². The maximum atomic E-state index is 9.56. The highest BCUT2D eigenvalue weighted by Crippen LogP contribution is 2.28. The lowest BCUT2D eigenvalue weighted by Gasteiger charge is -2.16. The van der Waals surface area contributed by atoms with Gasteiger partial charge in [-0.15, -0.1) is 0 Å². The highest BCUT2D eigenvalue weighted by Gasteiger charge is 2.19. The number of aryl methyl sites for hydroxylation is 1. The summed E-state index contributed by atoms with van der Waals surface area (Å²) >= 11 is 0. The van der Waals surface area contributed by atoms with E-state index in [-0.39, 0.29) is 6.10 Å². The molecule has 0 spiro atoms. The number of para-hydroxylation sites is 1. The van der Waals surface area contributed by atoms with Crippen molar-refractivity contribution in [3.05, 3.63) is 35.5 Å². The maximum Gasteiger partial charge on any atom is 0.0598 e. The first-order valence-corrected chi connectivity index (χ1v) is 5.11. The van der Waals surface area contributed by atoms with Crippen LogP contribution in [0.5, 0.6) is 0 Å². The molecule has 1 unspecified atom stereocenters. The van der Waals surface area contributed by atoms with Gasteiger partial charge in [0.2, 0.25) is 0 Å². The number of aromatic amines is 1. The van der Waals surface area contributed by atoms with Crippen LogP contribution in [0.4, 0.5) is 0 Å². The van der Waals surface area contributed by atoms with E-state index in [9.17, 15) is 5.11 Å². The zero-order valence-electron chi connectivity index (χ0n) is 7.96. The van der Waals surface area contributed by atoms with Gasteiger partial charge in [0.05, 0.1) is 6.10 Å². The number of aliphatic hydroxyl groups is 1. The second-order valence-corrected chi connectivity index (χ2v) is 4.02. The molecule has 1 aromatic heterocycles. The number of nitrogens with one attached hydrogen (secondary N) is 1. The summed E-state index contributed by atoms with van der Waals surface area (Å²) in [5.41, 5.74) is 3.84. The predicted octanol–water partition coefficient (Wildman–Crippen LogP) is 2.02. The van der Waals surface area contributed by atoms with Crippen molar-refractivity contribution in [3.8, 4) is 0 Å². The normalized spacial score (nSPS) is 21.1. The molecule has 14 heavy (non-hydrogen) atoms. The third-order valence-electron chi connectivity index (χ3n) is 3.07. The topological polar surface area (TPSA) is 36.0 Å². The molecule has 0 bridgehead atoms. The Bertz CT molecular complexity index is 472. The molecule has 0 fully saturated rings. The van der Waals surface area contributed by atoms with Crippen LogP contribution in [0.1, 0.15) is 17.7 Å². The summed E-state index contributed by atoms with van der Waals surface area (Å²) in [4.78, 5) is 3.39. The van der Waals surface area contributed by atoms with E-state index in [0.717, 1.165) is 19.3 Å². The van der Waals surface area contributed by atoms with E-state index in [4.69, 9.17) is 0 Å². The van der Waals surface area contributed by atoms with Crippen molar-refractivity contribution in [2.24, 2.45) is 0 Å². The molecule has 2 nitrogen and oxygen atoms in total. The third kappa shape index (κ3) is 1.07. The van der Waals surface area contributed by atoms with Gasteiger partial charge in [0.15, 0.2) is 0 Å². The fraction of sp³-hybridized carbons (Fsp3) is 0.333. The zero-order valence-corrected chi connectivity index (χ0v) is 7.96.